The number of carbonyl (C=O) groups excluding carboxylic acids is 1. The zero-order chi connectivity index (χ0) is 23.1. The number of aromatic nitrogens is 3. The molecule has 4 aliphatic rings. The zero-order valence-electron chi connectivity index (χ0n) is 19.4. The third-order valence-electron chi connectivity index (χ3n) is 7.06. The van der Waals surface area contributed by atoms with Crippen molar-refractivity contribution in [3.05, 3.63) is 30.1 Å². The molecule has 34 heavy (non-hydrogen) atoms. The van der Waals surface area contributed by atoms with E-state index in [-0.39, 0.29) is 16.0 Å². The summed E-state index contributed by atoms with van der Waals surface area (Å²) in [5.74, 6) is 4.44. The van der Waals surface area contributed by atoms with E-state index >= 15 is 0 Å². The summed E-state index contributed by atoms with van der Waals surface area (Å²) in [6.45, 7) is 5.57. The van der Waals surface area contributed by atoms with Crippen molar-refractivity contribution in [3.63, 3.8) is 0 Å². The van der Waals surface area contributed by atoms with Gasteiger partial charge in [0, 0.05) is 57.4 Å². The van der Waals surface area contributed by atoms with E-state index in [2.05, 4.69) is 48.4 Å². The molecule has 3 fully saturated rings. The lowest BCUT2D eigenvalue weighted by molar-refractivity contribution is -0.123. The Bertz CT molecular complexity index is 1050. The van der Waals surface area contributed by atoms with Crippen molar-refractivity contribution < 1.29 is 4.79 Å². The molecular weight excluding hydrogens is 468 g/mol. The molecule has 1 spiro atoms. The first-order valence-corrected chi connectivity index (χ1v) is 13.9. The molecule has 4 aliphatic heterocycles. The Hall–Kier alpha value is -2.24. The van der Waals surface area contributed by atoms with E-state index < -0.39 is 0 Å². The minimum atomic E-state index is -0.178. The van der Waals surface area contributed by atoms with Gasteiger partial charge in [-0.05, 0) is 37.1 Å². The van der Waals surface area contributed by atoms with Crippen LogP contribution in [0, 0.1) is 0 Å². The van der Waals surface area contributed by atoms with Crippen molar-refractivity contribution >= 4 is 52.7 Å². The van der Waals surface area contributed by atoms with E-state index in [1.807, 2.05) is 42.0 Å². The molecule has 0 radical (unpaired) electrons. The van der Waals surface area contributed by atoms with Gasteiger partial charge in [0.15, 0.2) is 0 Å². The molecule has 6 rings (SSSR count). The molecule has 2 aromatic heterocycles. The van der Waals surface area contributed by atoms with Crippen LogP contribution in [0.25, 0.3) is 0 Å². The van der Waals surface area contributed by atoms with E-state index in [4.69, 9.17) is 4.98 Å². The SMILES string of the molecule is CN1CCN(c2ccc(Nc3ncc4c(n3)N3CCNC(=O)C3CC43SCCCS3)nc2)CC1. The minimum absolute atomic E-state index is 0.109. The van der Waals surface area contributed by atoms with Crippen LogP contribution in [0.2, 0.25) is 0 Å². The maximum Gasteiger partial charge on any atom is 0.242 e. The first kappa shape index (κ1) is 22.2. The van der Waals surface area contributed by atoms with Crippen molar-refractivity contribution in [2.45, 2.75) is 23.0 Å². The summed E-state index contributed by atoms with van der Waals surface area (Å²) in [7, 11) is 2.16. The summed E-state index contributed by atoms with van der Waals surface area (Å²) in [5, 5.41) is 6.34. The average Bonchev–Trinajstić information content (AvgIpc) is 2.87. The highest BCUT2D eigenvalue weighted by atomic mass is 32.2. The molecule has 0 bridgehead atoms. The predicted molar refractivity (Wildman–Crippen MR) is 139 cm³/mol. The lowest BCUT2D eigenvalue weighted by Crippen LogP contribution is -2.60. The van der Waals surface area contributed by atoms with Gasteiger partial charge in [0.1, 0.15) is 17.7 Å². The van der Waals surface area contributed by atoms with Crippen molar-refractivity contribution in [1.82, 2.24) is 25.2 Å². The zero-order valence-corrected chi connectivity index (χ0v) is 21.0. The largest absolute Gasteiger partial charge is 0.368 e. The number of amides is 1. The van der Waals surface area contributed by atoms with Gasteiger partial charge in [-0.2, -0.15) is 4.98 Å². The van der Waals surface area contributed by atoms with Crippen LogP contribution in [0.4, 0.5) is 23.3 Å². The summed E-state index contributed by atoms with van der Waals surface area (Å²) in [6.07, 6.45) is 5.88. The average molecular weight is 499 g/mol. The second-order valence-electron chi connectivity index (χ2n) is 9.26. The van der Waals surface area contributed by atoms with Gasteiger partial charge in [-0.3, -0.25) is 4.79 Å². The fourth-order valence-corrected chi connectivity index (χ4v) is 8.53. The molecule has 0 aromatic carbocycles. The number of anilines is 4. The highest BCUT2D eigenvalue weighted by molar-refractivity contribution is 8.18. The topological polar surface area (TPSA) is 89.5 Å². The number of pyridine rings is 1. The van der Waals surface area contributed by atoms with Gasteiger partial charge < -0.3 is 25.3 Å². The normalized spacial score (nSPS) is 24.4. The molecule has 11 heteroatoms. The second-order valence-corrected chi connectivity index (χ2v) is 12.3. The first-order chi connectivity index (χ1) is 16.6. The molecule has 3 saturated heterocycles. The van der Waals surface area contributed by atoms with Gasteiger partial charge in [-0.1, -0.05) is 0 Å². The van der Waals surface area contributed by atoms with Crippen LogP contribution in [0.1, 0.15) is 18.4 Å². The molecule has 9 nitrogen and oxygen atoms in total. The number of carbonyl (C=O) groups is 1. The van der Waals surface area contributed by atoms with E-state index in [0.717, 1.165) is 73.5 Å². The fourth-order valence-electron chi connectivity index (χ4n) is 5.13. The highest BCUT2D eigenvalue weighted by Gasteiger charge is 2.50. The van der Waals surface area contributed by atoms with Crippen LogP contribution < -0.4 is 20.4 Å². The van der Waals surface area contributed by atoms with Crippen molar-refractivity contribution in [3.8, 4) is 0 Å². The quantitative estimate of drug-likeness (QED) is 0.656. The molecule has 1 atom stereocenters. The van der Waals surface area contributed by atoms with Crippen molar-refractivity contribution in [2.75, 3.05) is 72.9 Å². The van der Waals surface area contributed by atoms with E-state index in [1.165, 1.54) is 6.42 Å². The summed E-state index contributed by atoms with van der Waals surface area (Å²) in [4.78, 5) is 33.9. The van der Waals surface area contributed by atoms with Crippen molar-refractivity contribution in [1.29, 1.82) is 0 Å². The van der Waals surface area contributed by atoms with Gasteiger partial charge >= 0.3 is 0 Å². The third-order valence-corrected chi connectivity index (χ3v) is 10.5. The molecule has 2 aromatic rings. The highest BCUT2D eigenvalue weighted by Crippen LogP contribution is 2.58. The Morgan fingerprint density at radius 3 is 2.68 bits per heavy atom. The molecule has 180 valence electrons. The molecule has 0 aliphatic carbocycles. The molecule has 6 heterocycles. The number of piperazine rings is 2. The molecular formula is C23H30N8OS2. The van der Waals surface area contributed by atoms with Crippen LogP contribution in [0.15, 0.2) is 24.5 Å². The van der Waals surface area contributed by atoms with Gasteiger partial charge in [0.05, 0.1) is 16.0 Å². The van der Waals surface area contributed by atoms with Gasteiger partial charge in [-0.25, -0.2) is 9.97 Å². The Balaban J connectivity index is 1.26. The maximum atomic E-state index is 12.8. The van der Waals surface area contributed by atoms with Crippen LogP contribution >= 0.6 is 23.5 Å². The Morgan fingerprint density at radius 2 is 1.91 bits per heavy atom. The number of hydrogen-bond acceptors (Lipinski definition) is 10. The summed E-state index contributed by atoms with van der Waals surface area (Å²) < 4.78 is -0.148. The van der Waals surface area contributed by atoms with Gasteiger partial charge in [0.2, 0.25) is 11.9 Å². The van der Waals surface area contributed by atoms with Crippen LogP contribution in [0.3, 0.4) is 0 Å². The Morgan fingerprint density at radius 1 is 1.09 bits per heavy atom. The Kier molecular flexibility index (Phi) is 5.94. The minimum Gasteiger partial charge on any atom is -0.368 e. The molecule has 1 unspecified atom stereocenters. The third kappa shape index (κ3) is 4.07. The smallest absolute Gasteiger partial charge is 0.242 e. The standard InChI is InChI=1S/C23H30N8OS2/c1-29-7-9-30(10-8-29)16-3-4-19(25-14-16)27-22-26-15-17-20(28-22)31-6-5-24-21(32)18(31)13-23(17)33-11-2-12-34-23/h3-4,14-15,18H,2,5-13H2,1H3,(H,24,32)(H,25,26,27,28). The van der Waals surface area contributed by atoms with E-state index in [0.29, 0.717) is 12.5 Å². The number of likely N-dealkylation sites (N-methyl/N-ethyl adjacent to an activating group) is 1. The summed E-state index contributed by atoms with van der Waals surface area (Å²) >= 11 is 3.90. The first-order valence-electron chi connectivity index (χ1n) is 12.0. The summed E-state index contributed by atoms with van der Waals surface area (Å²) in [5.41, 5.74) is 2.29. The number of fused-ring (bicyclic) bond motifs is 4. The maximum absolute atomic E-state index is 12.8. The lowest BCUT2D eigenvalue weighted by atomic mass is 9.96. The fraction of sp³-hybridized carbons (Fsp3) is 0.565. The van der Waals surface area contributed by atoms with Gasteiger partial charge in [0.25, 0.3) is 0 Å². The monoisotopic (exact) mass is 498 g/mol. The van der Waals surface area contributed by atoms with Crippen molar-refractivity contribution in [2.24, 2.45) is 0 Å². The second kappa shape index (κ2) is 9.09. The Labute approximate surface area is 208 Å². The molecule has 2 N–H and O–H groups in total. The lowest BCUT2D eigenvalue weighted by Gasteiger charge is -2.49. The van der Waals surface area contributed by atoms with E-state index in [1.54, 1.807) is 0 Å². The number of hydrogen-bond donors (Lipinski definition) is 2. The number of nitrogens with one attached hydrogen (secondary N) is 2. The predicted octanol–water partition coefficient (Wildman–Crippen LogP) is 2.10. The number of thioether (sulfide) groups is 2. The van der Waals surface area contributed by atoms with Crippen LogP contribution in [-0.4, -0.2) is 89.6 Å². The van der Waals surface area contributed by atoms with Crippen LogP contribution in [0.5, 0.6) is 0 Å². The van der Waals surface area contributed by atoms with Crippen LogP contribution in [-0.2, 0) is 8.87 Å². The summed E-state index contributed by atoms with van der Waals surface area (Å²) in [6, 6.07) is 3.92. The number of nitrogens with zero attached hydrogens (tertiary/aromatic N) is 6. The van der Waals surface area contributed by atoms with Gasteiger partial charge in [-0.15, -0.1) is 23.5 Å². The molecule has 0 saturated carbocycles. The van der Waals surface area contributed by atoms with E-state index in [9.17, 15) is 4.79 Å². The number of rotatable bonds is 3. The molecule has 1 amide bonds.